The fraction of sp³-hybridized carbons (Fsp3) is 0.871. The molecule has 6 amide bonds. The summed E-state index contributed by atoms with van der Waals surface area (Å²) in [6.45, 7) is 5.30. The molecule has 0 aromatic heterocycles. The van der Waals surface area contributed by atoms with Crippen LogP contribution in [0.2, 0.25) is 0 Å². The SMILES string of the molecule is CCCCCCCCCCCC(=O)OCC(CNC(=O)CCCCCCNC(=O)C(CCCCNC(=O)C(F)(F)F)NC(=O)C(CCCCN)NC(=O)C(N)CCCCNC(=O)C(F)(F)F)(COC(=O)CCCCCCCCCCC)COC(=O)CCCCCCCCCCC. The maximum absolute atomic E-state index is 13.8. The average Bonchev–Trinajstić information content (AvgIpc) is 0.981. The molecule has 0 spiro atoms. The summed E-state index contributed by atoms with van der Waals surface area (Å²) >= 11 is 0. The van der Waals surface area contributed by atoms with Gasteiger partial charge in [0.2, 0.25) is 23.6 Å². The van der Waals surface area contributed by atoms with E-state index < -0.39 is 83.3 Å². The van der Waals surface area contributed by atoms with E-state index in [1.165, 1.54) is 77.0 Å². The fourth-order valence-corrected chi connectivity index (χ4v) is 10.7. The predicted octanol–water partition coefficient (Wildman–Crippen LogP) is 12.7. The van der Waals surface area contributed by atoms with Crippen LogP contribution < -0.4 is 43.4 Å². The molecule has 0 aromatic carbocycles. The molecule has 96 heavy (non-hydrogen) atoms. The summed E-state index contributed by atoms with van der Waals surface area (Å²) in [6.07, 6.45) is 22.4. The van der Waals surface area contributed by atoms with Crippen LogP contribution in [0.4, 0.5) is 26.3 Å². The van der Waals surface area contributed by atoms with Gasteiger partial charge in [-0.05, 0) is 96.4 Å². The van der Waals surface area contributed by atoms with E-state index in [0.717, 1.165) is 77.0 Å². The van der Waals surface area contributed by atoms with Crippen molar-refractivity contribution in [2.75, 3.05) is 52.5 Å². The van der Waals surface area contributed by atoms with Gasteiger partial charge in [-0.1, -0.05) is 188 Å². The Kier molecular flexibility index (Phi) is 55.5. The van der Waals surface area contributed by atoms with Crippen LogP contribution in [-0.4, -0.2) is 136 Å². The minimum absolute atomic E-state index is 0.00698. The molecule has 0 heterocycles. The number of halogens is 6. The number of unbranched alkanes of at least 4 members (excludes halogenated alkanes) is 30. The first kappa shape index (κ1) is 90.7. The highest BCUT2D eigenvalue weighted by Crippen LogP contribution is 2.24. The molecule has 560 valence electrons. The van der Waals surface area contributed by atoms with Crippen LogP contribution in [0, 0.1) is 5.41 Å². The van der Waals surface area contributed by atoms with E-state index in [9.17, 15) is 69.5 Å². The molecule has 0 radical (unpaired) electrons. The van der Waals surface area contributed by atoms with E-state index in [0.29, 0.717) is 57.8 Å². The Bertz CT molecular complexity index is 2000. The summed E-state index contributed by atoms with van der Waals surface area (Å²) in [6, 6.07) is -3.66. The molecular formula is C70H126F6N8O12. The van der Waals surface area contributed by atoms with Gasteiger partial charge in [-0.15, -0.1) is 0 Å². The van der Waals surface area contributed by atoms with Crippen molar-refractivity contribution in [1.29, 1.82) is 0 Å². The second-order valence-electron chi connectivity index (χ2n) is 26.0. The van der Waals surface area contributed by atoms with Crippen molar-refractivity contribution in [3.63, 3.8) is 0 Å². The molecule has 3 unspecified atom stereocenters. The number of ether oxygens (including phenoxy) is 3. The van der Waals surface area contributed by atoms with E-state index in [4.69, 9.17) is 25.7 Å². The lowest BCUT2D eigenvalue weighted by Gasteiger charge is -2.32. The Morgan fingerprint density at radius 1 is 0.354 bits per heavy atom. The van der Waals surface area contributed by atoms with Gasteiger partial charge >= 0.3 is 42.1 Å². The average molecular weight is 1390 g/mol. The first-order valence-electron chi connectivity index (χ1n) is 36.7. The van der Waals surface area contributed by atoms with E-state index in [-0.39, 0.29) is 129 Å². The van der Waals surface area contributed by atoms with Crippen LogP contribution in [0.5, 0.6) is 0 Å². The van der Waals surface area contributed by atoms with Crippen molar-refractivity contribution < 1.29 is 83.7 Å². The van der Waals surface area contributed by atoms with Gasteiger partial charge in [0.1, 0.15) is 31.9 Å². The second kappa shape index (κ2) is 58.7. The highest BCUT2D eigenvalue weighted by atomic mass is 19.4. The van der Waals surface area contributed by atoms with Crippen molar-refractivity contribution in [2.45, 2.75) is 334 Å². The van der Waals surface area contributed by atoms with Gasteiger partial charge in [-0.3, -0.25) is 43.2 Å². The number of nitrogens with one attached hydrogen (secondary N) is 6. The highest BCUT2D eigenvalue weighted by Gasteiger charge is 2.40. The number of amides is 6. The largest absolute Gasteiger partial charge is 0.471 e. The Hall–Kier alpha value is -5.27. The molecule has 0 saturated carbocycles. The van der Waals surface area contributed by atoms with Crippen LogP contribution in [-0.2, 0) is 57.4 Å². The lowest BCUT2D eigenvalue weighted by atomic mass is 9.90. The topological polar surface area (TPSA) is 306 Å². The number of esters is 3. The predicted molar refractivity (Wildman–Crippen MR) is 361 cm³/mol. The van der Waals surface area contributed by atoms with Crippen molar-refractivity contribution in [3.8, 4) is 0 Å². The van der Waals surface area contributed by atoms with Crippen molar-refractivity contribution in [2.24, 2.45) is 16.9 Å². The fourth-order valence-electron chi connectivity index (χ4n) is 10.7. The van der Waals surface area contributed by atoms with Crippen molar-refractivity contribution in [1.82, 2.24) is 31.9 Å². The monoisotopic (exact) mass is 1380 g/mol. The molecule has 0 aliphatic heterocycles. The zero-order chi connectivity index (χ0) is 71.6. The first-order valence-corrected chi connectivity index (χ1v) is 36.7. The number of rotatable bonds is 64. The quantitative estimate of drug-likeness (QED) is 0.0122. The van der Waals surface area contributed by atoms with Gasteiger partial charge in [-0.2, -0.15) is 26.3 Å². The molecule has 26 heteroatoms. The van der Waals surface area contributed by atoms with Gasteiger partial charge in [0.25, 0.3) is 0 Å². The zero-order valence-electron chi connectivity index (χ0n) is 58.8. The summed E-state index contributed by atoms with van der Waals surface area (Å²) in [4.78, 5) is 117. The summed E-state index contributed by atoms with van der Waals surface area (Å²) in [5, 5.41) is 14.4. The molecule has 0 aromatic rings. The lowest BCUT2D eigenvalue weighted by molar-refractivity contribution is -0.173. The molecule has 0 rings (SSSR count). The molecule has 0 saturated heterocycles. The zero-order valence-corrected chi connectivity index (χ0v) is 58.8. The lowest BCUT2D eigenvalue weighted by Crippen LogP contribution is -2.55. The van der Waals surface area contributed by atoms with E-state index >= 15 is 0 Å². The maximum atomic E-state index is 13.8. The van der Waals surface area contributed by atoms with Gasteiger partial charge < -0.3 is 57.6 Å². The molecular weight excluding hydrogens is 1260 g/mol. The smallest absolute Gasteiger partial charge is 0.465 e. The third-order valence-electron chi connectivity index (χ3n) is 16.9. The molecule has 0 fully saturated rings. The molecule has 10 N–H and O–H groups in total. The van der Waals surface area contributed by atoms with Crippen molar-refractivity contribution >= 4 is 53.4 Å². The molecule has 3 atom stereocenters. The van der Waals surface area contributed by atoms with Crippen LogP contribution in [0.3, 0.4) is 0 Å². The normalized spacial score (nSPS) is 12.7. The Morgan fingerprint density at radius 2 is 0.667 bits per heavy atom. The molecule has 0 aliphatic rings. The standard InChI is InChI=1S/C70H126F6N8O12/c1-4-7-10-13-16-19-22-25-31-45-60(86)94-53-68(54-95-61(87)46-32-26-23-20-17-14-11-8-5-2,55-96-62(88)47-33-27-24-21-18-15-12-9-6-3)52-82-59(85)44-30-28-29-38-49-79-64(90)57(43-36-40-51-81-67(93)70(74,75)76)84-65(91)58(42-34-37-48-77)83-63(89)56(78)41-35-39-50-80-66(92)69(71,72)73/h56-58H,4-55,77-78H2,1-3H3,(H,79,90)(H,80,92)(H,81,93)(H,82,85)(H,83,89)(H,84,91). The second-order valence-corrected chi connectivity index (χ2v) is 26.0. The number of carbonyl (C=O) groups is 9. The van der Waals surface area contributed by atoms with Crippen molar-refractivity contribution in [3.05, 3.63) is 0 Å². The third-order valence-corrected chi connectivity index (χ3v) is 16.9. The van der Waals surface area contributed by atoms with Gasteiger partial charge in [0.15, 0.2) is 0 Å². The number of carbonyl (C=O) groups excluding carboxylic acids is 9. The first-order chi connectivity index (χ1) is 45.9. The van der Waals surface area contributed by atoms with E-state index in [1.807, 2.05) is 0 Å². The summed E-state index contributed by atoms with van der Waals surface area (Å²) in [5.74, 6) is -8.07. The molecule has 20 nitrogen and oxygen atoms in total. The van der Waals surface area contributed by atoms with E-state index in [2.05, 4.69) is 42.0 Å². The highest BCUT2D eigenvalue weighted by molar-refractivity contribution is 5.93. The van der Waals surface area contributed by atoms with Gasteiger partial charge in [0, 0.05) is 51.9 Å². The molecule has 0 bridgehead atoms. The van der Waals surface area contributed by atoms with Gasteiger partial charge in [-0.25, -0.2) is 0 Å². The Morgan fingerprint density at radius 3 is 1.05 bits per heavy atom. The maximum Gasteiger partial charge on any atom is 0.471 e. The minimum atomic E-state index is -5.10. The number of alkyl halides is 6. The third kappa shape index (κ3) is 51.9. The van der Waals surface area contributed by atoms with E-state index in [1.54, 1.807) is 10.6 Å². The number of hydrogen-bond donors (Lipinski definition) is 8. The number of nitrogens with two attached hydrogens (primary N) is 2. The van der Waals surface area contributed by atoms with Crippen LogP contribution in [0.15, 0.2) is 0 Å². The Balaban J connectivity index is 6.08. The Labute approximate surface area is 570 Å². The van der Waals surface area contributed by atoms with Crippen LogP contribution in [0.25, 0.3) is 0 Å². The summed E-state index contributed by atoms with van der Waals surface area (Å²) in [5.41, 5.74) is 10.4. The number of hydrogen-bond acceptors (Lipinski definition) is 14. The molecule has 0 aliphatic carbocycles. The van der Waals surface area contributed by atoms with Crippen LogP contribution in [0.1, 0.15) is 303 Å². The van der Waals surface area contributed by atoms with Gasteiger partial charge in [0.05, 0.1) is 11.5 Å². The minimum Gasteiger partial charge on any atom is -0.465 e. The van der Waals surface area contributed by atoms with Crippen LogP contribution >= 0.6 is 0 Å². The summed E-state index contributed by atoms with van der Waals surface area (Å²) in [7, 11) is 0. The summed E-state index contributed by atoms with van der Waals surface area (Å²) < 4.78 is 93.8.